The van der Waals surface area contributed by atoms with Gasteiger partial charge in [-0.3, -0.25) is 4.79 Å². The van der Waals surface area contributed by atoms with E-state index in [9.17, 15) is 4.79 Å². The van der Waals surface area contributed by atoms with Crippen LogP contribution < -0.4 is 11.5 Å². The zero-order valence-corrected chi connectivity index (χ0v) is 12.3. The molecule has 0 bridgehead atoms. The summed E-state index contributed by atoms with van der Waals surface area (Å²) in [5.74, 6) is -0.406. The van der Waals surface area contributed by atoms with Crippen molar-refractivity contribution in [2.75, 3.05) is 7.11 Å². The second kappa shape index (κ2) is 5.49. The van der Waals surface area contributed by atoms with E-state index in [4.69, 9.17) is 16.2 Å². The Bertz CT molecular complexity index is 488. The second-order valence-electron chi connectivity index (χ2n) is 5.46. The molecule has 1 aliphatic rings. The number of fused-ring (bicyclic) bond motifs is 1. The lowest BCUT2D eigenvalue weighted by atomic mass is 9.68. The number of ether oxygens (including phenoxy) is 1. The summed E-state index contributed by atoms with van der Waals surface area (Å²) in [5.41, 5.74) is 14.2. The van der Waals surface area contributed by atoms with Crippen molar-refractivity contribution < 1.29 is 9.53 Å². The summed E-state index contributed by atoms with van der Waals surface area (Å²) in [6.07, 6.45) is 0.780. The molecular formula is C14H21ClN2O2. The largest absolute Gasteiger partial charge is 0.379 e. The fourth-order valence-electron chi connectivity index (χ4n) is 2.73. The van der Waals surface area contributed by atoms with E-state index in [-0.39, 0.29) is 30.0 Å². The molecule has 0 fully saturated rings. The van der Waals surface area contributed by atoms with Gasteiger partial charge in [0.05, 0.1) is 6.10 Å². The minimum atomic E-state index is -0.406. The van der Waals surface area contributed by atoms with Gasteiger partial charge in [-0.1, -0.05) is 19.9 Å². The van der Waals surface area contributed by atoms with Gasteiger partial charge in [0.2, 0.25) is 5.91 Å². The van der Waals surface area contributed by atoms with Crippen LogP contribution in [0.2, 0.25) is 0 Å². The molecule has 0 aromatic heterocycles. The Balaban J connectivity index is 0.00000180. The molecular weight excluding hydrogens is 264 g/mol. The highest BCUT2D eigenvalue weighted by Gasteiger charge is 2.40. The third-order valence-corrected chi connectivity index (χ3v) is 4.05. The van der Waals surface area contributed by atoms with Gasteiger partial charge in [0.1, 0.15) is 0 Å². The highest BCUT2D eigenvalue weighted by atomic mass is 35.5. The van der Waals surface area contributed by atoms with E-state index in [0.29, 0.717) is 5.56 Å². The molecule has 2 unspecified atom stereocenters. The number of primary amides is 1. The third kappa shape index (κ3) is 2.61. The molecule has 19 heavy (non-hydrogen) atoms. The first-order valence-corrected chi connectivity index (χ1v) is 6.09. The molecule has 5 heteroatoms. The van der Waals surface area contributed by atoms with Crippen LogP contribution in [-0.4, -0.2) is 25.2 Å². The Morgan fingerprint density at radius 1 is 1.42 bits per heavy atom. The van der Waals surface area contributed by atoms with E-state index in [0.717, 1.165) is 12.0 Å². The highest BCUT2D eigenvalue weighted by Crippen LogP contribution is 2.37. The summed E-state index contributed by atoms with van der Waals surface area (Å²) >= 11 is 0. The van der Waals surface area contributed by atoms with Gasteiger partial charge in [0.15, 0.2) is 0 Å². The average molecular weight is 285 g/mol. The van der Waals surface area contributed by atoms with Crippen LogP contribution in [0.25, 0.3) is 0 Å². The topological polar surface area (TPSA) is 78.3 Å². The molecule has 0 radical (unpaired) electrons. The number of hydrogen-bond acceptors (Lipinski definition) is 3. The molecule has 106 valence electrons. The van der Waals surface area contributed by atoms with Crippen molar-refractivity contribution in [1.82, 2.24) is 0 Å². The normalized spacial score (nSPS) is 24.2. The number of rotatable bonds is 2. The zero-order chi connectivity index (χ0) is 13.5. The maximum atomic E-state index is 11.3. The predicted molar refractivity (Wildman–Crippen MR) is 77.7 cm³/mol. The van der Waals surface area contributed by atoms with Crippen molar-refractivity contribution in [3.05, 3.63) is 34.9 Å². The number of nitrogens with two attached hydrogens (primary N) is 2. The number of halogens is 1. The average Bonchev–Trinajstić information content (AvgIpc) is 2.33. The maximum Gasteiger partial charge on any atom is 0.248 e. The van der Waals surface area contributed by atoms with Crippen molar-refractivity contribution in [2.45, 2.75) is 37.8 Å². The van der Waals surface area contributed by atoms with Gasteiger partial charge in [-0.15, -0.1) is 12.4 Å². The van der Waals surface area contributed by atoms with Crippen LogP contribution in [0.5, 0.6) is 0 Å². The molecule has 4 nitrogen and oxygen atoms in total. The van der Waals surface area contributed by atoms with Crippen molar-refractivity contribution in [3.8, 4) is 0 Å². The van der Waals surface area contributed by atoms with Crippen molar-refractivity contribution in [3.63, 3.8) is 0 Å². The smallest absolute Gasteiger partial charge is 0.248 e. The molecule has 1 aromatic rings. The maximum absolute atomic E-state index is 11.3. The third-order valence-electron chi connectivity index (χ3n) is 4.05. The molecule has 0 saturated carbocycles. The van der Waals surface area contributed by atoms with Gasteiger partial charge in [-0.05, 0) is 23.3 Å². The summed E-state index contributed by atoms with van der Waals surface area (Å²) in [4.78, 5) is 11.3. The summed E-state index contributed by atoms with van der Waals surface area (Å²) in [5, 5.41) is 0. The first kappa shape index (κ1) is 16.0. The summed E-state index contributed by atoms with van der Waals surface area (Å²) < 4.78 is 5.46. The fraction of sp³-hybridized carbons (Fsp3) is 0.500. The van der Waals surface area contributed by atoms with Crippen LogP contribution in [0.1, 0.15) is 35.3 Å². The van der Waals surface area contributed by atoms with E-state index < -0.39 is 5.91 Å². The molecule has 2 rings (SSSR count). The van der Waals surface area contributed by atoms with E-state index in [1.165, 1.54) is 5.56 Å². The molecule has 0 aliphatic heterocycles. The first-order chi connectivity index (χ1) is 8.37. The number of amides is 1. The van der Waals surface area contributed by atoms with Crippen LogP contribution in [0.3, 0.4) is 0 Å². The number of carbonyl (C=O) groups is 1. The fourth-order valence-corrected chi connectivity index (χ4v) is 2.73. The number of hydrogen-bond donors (Lipinski definition) is 2. The molecule has 0 saturated heterocycles. The second-order valence-corrected chi connectivity index (χ2v) is 5.46. The van der Waals surface area contributed by atoms with Crippen LogP contribution in [0.4, 0.5) is 0 Å². The standard InChI is InChI=1S/C14H20N2O2.ClH/c1-14(2)10-6-9(13(16)17)5-4-8(10)7-11(18-3)12(14)15;/h4-6,11-12H,7,15H2,1-3H3,(H2,16,17);1H. The van der Waals surface area contributed by atoms with Crippen LogP contribution >= 0.6 is 12.4 Å². The van der Waals surface area contributed by atoms with Crippen LogP contribution in [0, 0.1) is 0 Å². The van der Waals surface area contributed by atoms with Crippen molar-refractivity contribution in [2.24, 2.45) is 11.5 Å². The molecule has 0 heterocycles. The Morgan fingerprint density at radius 3 is 2.58 bits per heavy atom. The lowest BCUT2D eigenvalue weighted by Crippen LogP contribution is -2.54. The molecule has 4 N–H and O–H groups in total. The monoisotopic (exact) mass is 284 g/mol. The van der Waals surface area contributed by atoms with Gasteiger partial charge in [-0.25, -0.2) is 0 Å². The number of methoxy groups -OCH3 is 1. The van der Waals surface area contributed by atoms with Crippen molar-refractivity contribution in [1.29, 1.82) is 0 Å². The minimum Gasteiger partial charge on any atom is -0.379 e. The van der Waals surface area contributed by atoms with Crippen LogP contribution in [0.15, 0.2) is 18.2 Å². The summed E-state index contributed by atoms with van der Waals surface area (Å²) in [6.45, 7) is 4.15. The van der Waals surface area contributed by atoms with Gasteiger partial charge in [-0.2, -0.15) is 0 Å². The highest BCUT2D eigenvalue weighted by molar-refractivity contribution is 5.93. The quantitative estimate of drug-likeness (QED) is 0.861. The molecule has 2 atom stereocenters. The Morgan fingerprint density at radius 2 is 2.05 bits per heavy atom. The van der Waals surface area contributed by atoms with E-state index in [1.54, 1.807) is 13.2 Å². The molecule has 1 aromatic carbocycles. The Labute approximate surface area is 119 Å². The lowest BCUT2D eigenvalue weighted by Gasteiger charge is -2.42. The zero-order valence-electron chi connectivity index (χ0n) is 11.5. The van der Waals surface area contributed by atoms with E-state index in [1.807, 2.05) is 12.1 Å². The molecule has 1 amide bonds. The lowest BCUT2D eigenvalue weighted by molar-refractivity contribution is 0.0506. The SMILES string of the molecule is COC1Cc2ccc(C(N)=O)cc2C(C)(C)C1N.Cl. The van der Waals surface area contributed by atoms with Gasteiger partial charge in [0.25, 0.3) is 0 Å². The van der Waals surface area contributed by atoms with Gasteiger partial charge in [0, 0.05) is 30.6 Å². The Kier molecular flexibility index (Phi) is 4.61. The molecule has 1 aliphatic carbocycles. The minimum absolute atomic E-state index is 0. The molecule has 0 spiro atoms. The van der Waals surface area contributed by atoms with Gasteiger partial charge >= 0.3 is 0 Å². The summed E-state index contributed by atoms with van der Waals surface area (Å²) in [7, 11) is 1.68. The predicted octanol–water partition coefficient (Wildman–Crippen LogP) is 1.38. The van der Waals surface area contributed by atoms with E-state index >= 15 is 0 Å². The number of benzene rings is 1. The van der Waals surface area contributed by atoms with Crippen LogP contribution in [-0.2, 0) is 16.6 Å². The van der Waals surface area contributed by atoms with Gasteiger partial charge < -0.3 is 16.2 Å². The van der Waals surface area contributed by atoms with Crippen molar-refractivity contribution >= 4 is 18.3 Å². The first-order valence-electron chi connectivity index (χ1n) is 6.09. The van der Waals surface area contributed by atoms with E-state index in [2.05, 4.69) is 13.8 Å². The Hall–Kier alpha value is -1.10. The summed E-state index contributed by atoms with van der Waals surface area (Å²) in [6, 6.07) is 5.48. The number of carbonyl (C=O) groups excluding carboxylic acids is 1.